The van der Waals surface area contributed by atoms with Crippen molar-refractivity contribution in [3.8, 4) is 0 Å². The first-order valence-corrected chi connectivity index (χ1v) is 6.58. The quantitative estimate of drug-likeness (QED) is 0.727. The third kappa shape index (κ3) is 1.98. The average molecular weight is 242 g/mol. The van der Waals surface area contributed by atoms with E-state index in [1.54, 1.807) is 11.3 Å². The van der Waals surface area contributed by atoms with Crippen molar-refractivity contribution in [3.63, 3.8) is 0 Å². The molecule has 3 aromatic rings. The van der Waals surface area contributed by atoms with Gasteiger partial charge in [-0.15, -0.1) is 11.3 Å². The van der Waals surface area contributed by atoms with Crippen molar-refractivity contribution in [2.45, 2.75) is 20.3 Å². The molecule has 0 atom stereocenters. The molecule has 1 N–H and O–H groups in total. The summed E-state index contributed by atoms with van der Waals surface area (Å²) in [5, 5.41) is 2.10. The smallest absolute Gasteiger partial charge is 0.112 e. The van der Waals surface area contributed by atoms with E-state index < -0.39 is 0 Å². The third-order valence-electron chi connectivity index (χ3n) is 3.07. The van der Waals surface area contributed by atoms with Gasteiger partial charge in [0.2, 0.25) is 0 Å². The molecule has 0 aliphatic carbocycles. The first kappa shape index (κ1) is 10.5. The number of imidazole rings is 1. The van der Waals surface area contributed by atoms with Gasteiger partial charge in [0.25, 0.3) is 0 Å². The van der Waals surface area contributed by atoms with Gasteiger partial charge in [-0.3, -0.25) is 0 Å². The summed E-state index contributed by atoms with van der Waals surface area (Å²) in [5.41, 5.74) is 4.81. The zero-order valence-corrected chi connectivity index (χ0v) is 10.8. The largest absolute Gasteiger partial charge is 0.342 e. The van der Waals surface area contributed by atoms with E-state index in [1.165, 1.54) is 16.0 Å². The zero-order chi connectivity index (χ0) is 11.8. The normalized spacial score (nSPS) is 11.2. The second-order valence-corrected chi connectivity index (χ2v) is 5.43. The molecule has 0 amide bonds. The van der Waals surface area contributed by atoms with Crippen LogP contribution in [-0.2, 0) is 6.42 Å². The van der Waals surface area contributed by atoms with E-state index in [2.05, 4.69) is 53.5 Å². The maximum Gasteiger partial charge on any atom is 0.112 e. The molecule has 0 fully saturated rings. The SMILES string of the molecule is Cc1cc2nc(Cc3cccs3)[nH]c2cc1C. The van der Waals surface area contributed by atoms with Crippen LogP contribution in [0.2, 0.25) is 0 Å². The summed E-state index contributed by atoms with van der Waals surface area (Å²) in [7, 11) is 0. The molecule has 2 nitrogen and oxygen atoms in total. The molecule has 0 unspecified atom stereocenters. The monoisotopic (exact) mass is 242 g/mol. The molecule has 2 heterocycles. The van der Waals surface area contributed by atoms with Gasteiger partial charge >= 0.3 is 0 Å². The Kier molecular flexibility index (Phi) is 2.48. The summed E-state index contributed by atoms with van der Waals surface area (Å²) in [4.78, 5) is 9.38. The van der Waals surface area contributed by atoms with Crippen LogP contribution in [0.5, 0.6) is 0 Å². The molecule has 86 valence electrons. The predicted molar refractivity (Wildman–Crippen MR) is 72.7 cm³/mol. The lowest BCUT2D eigenvalue weighted by atomic mass is 10.1. The number of thiophene rings is 1. The number of nitrogens with one attached hydrogen (secondary N) is 1. The molecule has 3 heteroatoms. The van der Waals surface area contributed by atoms with E-state index in [0.717, 1.165) is 23.3 Å². The lowest BCUT2D eigenvalue weighted by Gasteiger charge is -1.97. The maximum absolute atomic E-state index is 4.64. The molecule has 1 aromatic carbocycles. The lowest BCUT2D eigenvalue weighted by Crippen LogP contribution is -1.86. The fourth-order valence-electron chi connectivity index (χ4n) is 1.98. The number of hydrogen-bond acceptors (Lipinski definition) is 2. The molecular weight excluding hydrogens is 228 g/mol. The number of H-pyrrole nitrogens is 1. The second kappa shape index (κ2) is 4.00. The maximum atomic E-state index is 4.64. The number of aryl methyl sites for hydroxylation is 2. The molecule has 17 heavy (non-hydrogen) atoms. The van der Waals surface area contributed by atoms with Crippen LogP contribution < -0.4 is 0 Å². The topological polar surface area (TPSA) is 28.7 Å². The molecule has 0 saturated heterocycles. The van der Waals surface area contributed by atoms with E-state index in [0.29, 0.717) is 0 Å². The summed E-state index contributed by atoms with van der Waals surface area (Å²) >= 11 is 1.77. The molecular formula is C14H14N2S. The van der Waals surface area contributed by atoms with Crippen molar-refractivity contribution in [2.24, 2.45) is 0 Å². The van der Waals surface area contributed by atoms with Crippen LogP contribution in [0.3, 0.4) is 0 Å². The summed E-state index contributed by atoms with van der Waals surface area (Å²) in [6.07, 6.45) is 0.893. The standard InChI is InChI=1S/C14H14N2S/c1-9-6-12-13(7-10(9)2)16-14(15-12)8-11-4-3-5-17-11/h3-7H,8H2,1-2H3,(H,15,16). The number of benzene rings is 1. The number of aromatic nitrogens is 2. The molecule has 2 aromatic heterocycles. The van der Waals surface area contributed by atoms with Gasteiger partial charge < -0.3 is 4.98 Å². The minimum atomic E-state index is 0.893. The molecule has 0 radical (unpaired) electrons. The molecule has 0 aliphatic heterocycles. The van der Waals surface area contributed by atoms with Crippen LogP contribution in [0.4, 0.5) is 0 Å². The van der Waals surface area contributed by atoms with Crippen LogP contribution in [0.15, 0.2) is 29.6 Å². The number of hydrogen-bond donors (Lipinski definition) is 1. The highest BCUT2D eigenvalue weighted by Crippen LogP contribution is 2.19. The fourth-order valence-corrected chi connectivity index (χ4v) is 2.69. The Hall–Kier alpha value is -1.61. The third-order valence-corrected chi connectivity index (χ3v) is 3.94. The Balaban J connectivity index is 2.02. The Morgan fingerprint density at radius 1 is 1.24 bits per heavy atom. The van der Waals surface area contributed by atoms with Gasteiger partial charge in [-0.05, 0) is 48.6 Å². The Morgan fingerprint density at radius 2 is 2.06 bits per heavy atom. The van der Waals surface area contributed by atoms with Crippen LogP contribution in [0.1, 0.15) is 21.8 Å². The van der Waals surface area contributed by atoms with E-state index in [9.17, 15) is 0 Å². The van der Waals surface area contributed by atoms with Crippen LogP contribution >= 0.6 is 11.3 Å². The Labute approximate surface area is 104 Å². The van der Waals surface area contributed by atoms with Gasteiger partial charge in [-0.2, -0.15) is 0 Å². The second-order valence-electron chi connectivity index (χ2n) is 4.39. The Bertz CT molecular complexity index is 611. The number of nitrogens with zero attached hydrogens (tertiary/aromatic N) is 1. The summed E-state index contributed by atoms with van der Waals surface area (Å²) in [6.45, 7) is 4.26. The highest BCUT2D eigenvalue weighted by atomic mass is 32.1. The van der Waals surface area contributed by atoms with Crippen molar-refractivity contribution in [1.29, 1.82) is 0 Å². The van der Waals surface area contributed by atoms with Crippen molar-refractivity contribution in [1.82, 2.24) is 9.97 Å². The van der Waals surface area contributed by atoms with Gasteiger partial charge in [-0.25, -0.2) is 4.98 Å². The van der Waals surface area contributed by atoms with Crippen LogP contribution in [0, 0.1) is 13.8 Å². The number of rotatable bonds is 2. The molecule has 0 saturated carbocycles. The van der Waals surface area contributed by atoms with Gasteiger partial charge in [0.1, 0.15) is 5.82 Å². The molecule has 0 spiro atoms. The number of aromatic amines is 1. The minimum Gasteiger partial charge on any atom is -0.342 e. The summed E-state index contributed by atoms with van der Waals surface area (Å²) in [5.74, 6) is 1.05. The first-order chi connectivity index (χ1) is 8.22. The van der Waals surface area contributed by atoms with E-state index >= 15 is 0 Å². The Morgan fingerprint density at radius 3 is 2.82 bits per heavy atom. The zero-order valence-electron chi connectivity index (χ0n) is 9.95. The highest BCUT2D eigenvalue weighted by molar-refractivity contribution is 7.09. The summed E-state index contributed by atoms with van der Waals surface area (Å²) in [6, 6.07) is 8.56. The number of fused-ring (bicyclic) bond motifs is 1. The van der Waals surface area contributed by atoms with Crippen molar-refractivity contribution in [3.05, 3.63) is 51.5 Å². The minimum absolute atomic E-state index is 0.893. The summed E-state index contributed by atoms with van der Waals surface area (Å²) < 4.78 is 0. The lowest BCUT2D eigenvalue weighted by molar-refractivity contribution is 1.06. The average Bonchev–Trinajstić information content (AvgIpc) is 2.89. The van der Waals surface area contributed by atoms with Gasteiger partial charge in [0.15, 0.2) is 0 Å². The molecule has 0 bridgehead atoms. The fraction of sp³-hybridized carbons (Fsp3) is 0.214. The van der Waals surface area contributed by atoms with Gasteiger partial charge in [-0.1, -0.05) is 6.07 Å². The molecule has 3 rings (SSSR count). The predicted octanol–water partition coefficient (Wildman–Crippen LogP) is 3.83. The van der Waals surface area contributed by atoms with E-state index in [4.69, 9.17) is 0 Å². The molecule has 0 aliphatic rings. The highest BCUT2D eigenvalue weighted by Gasteiger charge is 2.05. The van der Waals surface area contributed by atoms with Crippen LogP contribution in [0.25, 0.3) is 11.0 Å². The van der Waals surface area contributed by atoms with Gasteiger partial charge in [0, 0.05) is 11.3 Å². The van der Waals surface area contributed by atoms with Gasteiger partial charge in [0.05, 0.1) is 11.0 Å². The van der Waals surface area contributed by atoms with E-state index in [-0.39, 0.29) is 0 Å². The van der Waals surface area contributed by atoms with E-state index in [1.807, 2.05) is 0 Å². The van der Waals surface area contributed by atoms with Crippen molar-refractivity contribution >= 4 is 22.4 Å². The van der Waals surface area contributed by atoms with Crippen molar-refractivity contribution in [2.75, 3.05) is 0 Å². The first-order valence-electron chi connectivity index (χ1n) is 5.70. The van der Waals surface area contributed by atoms with Crippen molar-refractivity contribution < 1.29 is 0 Å². The van der Waals surface area contributed by atoms with Crippen LogP contribution in [-0.4, -0.2) is 9.97 Å².